The van der Waals surface area contributed by atoms with Gasteiger partial charge in [0.1, 0.15) is 0 Å². The van der Waals surface area contributed by atoms with Crippen molar-refractivity contribution in [2.75, 3.05) is 0 Å². The third-order valence-electron chi connectivity index (χ3n) is 3.88. The first-order valence-electron chi connectivity index (χ1n) is 7.45. The highest BCUT2D eigenvalue weighted by atomic mass is 32.1. The molecule has 0 aliphatic carbocycles. The number of rotatable bonds is 6. The number of hydrogen-bond donors (Lipinski definition) is 0. The molecule has 0 aliphatic heterocycles. The molecule has 0 N–H and O–H groups in total. The molecular formula is C18H25NS. The van der Waals surface area contributed by atoms with Gasteiger partial charge >= 0.3 is 0 Å². The number of aryl methyl sites for hydroxylation is 1. The van der Waals surface area contributed by atoms with Gasteiger partial charge in [-0.3, -0.25) is 4.90 Å². The van der Waals surface area contributed by atoms with Crippen LogP contribution in [0.25, 0.3) is 0 Å². The molecule has 0 unspecified atom stereocenters. The zero-order valence-corrected chi connectivity index (χ0v) is 13.8. The monoisotopic (exact) mass is 287 g/mol. The Hall–Kier alpha value is -1.12. The topological polar surface area (TPSA) is 3.24 Å². The number of hydrogen-bond acceptors (Lipinski definition) is 2. The average molecular weight is 287 g/mol. The Labute approximate surface area is 127 Å². The summed E-state index contributed by atoms with van der Waals surface area (Å²) in [7, 11) is 0. The third-order valence-corrected chi connectivity index (χ3v) is 4.88. The molecule has 20 heavy (non-hydrogen) atoms. The first kappa shape index (κ1) is 15.3. The number of thiophene rings is 1. The van der Waals surface area contributed by atoms with Crippen LogP contribution in [-0.2, 0) is 19.5 Å². The SMILES string of the molecule is CCc1c(CN(Cc2ccccc2)C(C)C)csc1C. The van der Waals surface area contributed by atoms with E-state index in [-0.39, 0.29) is 0 Å². The van der Waals surface area contributed by atoms with Crippen molar-refractivity contribution < 1.29 is 0 Å². The first-order valence-corrected chi connectivity index (χ1v) is 8.33. The summed E-state index contributed by atoms with van der Waals surface area (Å²) in [6.07, 6.45) is 1.14. The van der Waals surface area contributed by atoms with Crippen molar-refractivity contribution in [3.05, 3.63) is 57.3 Å². The van der Waals surface area contributed by atoms with E-state index in [4.69, 9.17) is 0 Å². The summed E-state index contributed by atoms with van der Waals surface area (Å²) < 4.78 is 0. The van der Waals surface area contributed by atoms with Crippen LogP contribution in [0.3, 0.4) is 0 Å². The second kappa shape index (κ2) is 7.05. The van der Waals surface area contributed by atoms with E-state index in [1.165, 1.54) is 16.0 Å². The maximum Gasteiger partial charge on any atom is 0.0251 e. The average Bonchev–Trinajstić information content (AvgIpc) is 2.79. The molecule has 0 bridgehead atoms. The standard InChI is InChI=1S/C18H25NS/c1-5-18-15(4)20-13-17(18)12-19(14(2)3)11-16-9-7-6-8-10-16/h6-10,13-14H,5,11-12H2,1-4H3. The van der Waals surface area contributed by atoms with Gasteiger partial charge in [-0.1, -0.05) is 37.3 Å². The molecule has 2 heteroatoms. The Balaban J connectivity index is 2.13. The lowest BCUT2D eigenvalue weighted by Crippen LogP contribution is -2.30. The zero-order valence-electron chi connectivity index (χ0n) is 13.0. The van der Waals surface area contributed by atoms with E-state index < -0.39 is 0 Å². The van der Waals surface area contributed by atoms with Gasteiger partial charge in [-0.2, -0.15) is 0 Å². The lowest BCUT2D eigenvalue weighted by Gasteiger charge is -2.27. The molecule has 108 valence electrons. The highest BCUT2D eigenvalue weighted by molar-refractivity contribution is 7.10. The molecule has 2 rings (SSSR count). The van der Waals surface area contributed by atoms with E-state index in [1.807, 2.05) is 11.3 Å². The van der Waals surface area contributed by atoms with E-state index in [1.54, 1.807) is 5.56 Å². The molecule has 1 aromatic carbocycles. The fraction of sp³-hybridized carbons (Fsp3) is 0.444. The van der Waals surface area contributed by atoms with Gasteiger partial charge in [0.2, 0.25) is 0 Å². The Bertz CT molecular complexity index is 528. The highest BCUT2D eigenvalue weighted by Crippen LogP contribution is 2.25. The fourth-order valence-corrected chi connectivity index (χ4v) is 3.55. The summed E-state index contributed by atoms with van der Waals surface area (Å²) in [6, 6.07) is 11.3. The van der Waals surface area contributed by atoms with Gasteiger partial charge in [0.05, 0.1) is 0 Å². The summed E-state index contributed by atoms with van der Waals surface area (Å²) in [6.45, 7) is 11.2. The van der Waals surface area contributed by atoms with Crippen LogP contribution in [0, 0.1) is 6.92 Å². The van der Waals surface area contributed by atoms with Crippen LogP contribution in [0.15, 0.2) is 35.7 Å². The smallest absolute Gasteiger partial charge is 0.0251 e. The van der Waals surface area contributed by atoms with Crippen molar-refractivity contribution in [2.24, 2.45) is 0 Å². The van der Waals surface area contributed by atoms with Crippen LogP contribution in [0.2, 0.25) is 0 Å². The molecule has 0 radical (unpaired) electrons. The van der Waals surface area contributed by atoms with Gasteiger partial charge in [0, 0.05) is 24.0 Å². The van der Waals surface area contributed by atoms with E-state index in [0.29, 0.717) is 6.04 Å². The number of nitrogens with zero attached hydrogens (tertiary/aromatic N) is 1. The maximum absolute atomic E-state index is 2.55. The van der Waals surface area contributed by atoms with Crippen molar-refractivity contribution in [1.82, 2.24) is 4.90 Å². The lowest BCUT2D eigenvalue weighted by molar-refractivity contribution is 0.203. The van der Waals surface area contributed by atoms with Crippen LogP contribution in [-0.4, -0.2) is 10.9 Å². The highest BCUT2D eigenvalue weighted by Gasteiger charge is 2.14. The van der Waals surface area contributed by atoms with Crippen molar-refractivity contribution in [3.63, 3.8) is 0 Å². The van der Waals surface area contributed by atoms with E-state index in [0.717, 1.165) is 19.5 Å². The van der Waals surface area contributed by atoms with Crippen molar-refractivity contribution >= 4 is 11.3 Å². The third kappa shape index (κ3) is 3.71. The molecule has 0 saturated heterocycles. The van der Waals surface area contributed by atoms with E-state index in [2.05, 4.69) is 68.3 Å². The summed E-state index contributed by atoms with van der Waals surface area (Å²) >= 11 is 1.89. The Morgan fingerprint density at radius 3 is 2.40 bits per heavy atom. The van der Waals surface area contributed by atoms with Gasteiger partial charge in [0.15, 0.2) is 0 Å². The molecule has 1 aromatic heterocycles. The first-order chi connectivity index (χ1) is 9.61. The van der Waals surface area contributed by atoms with Crippen molar-refractivity contribution in [3.8, 4) is 0 Å². The van der Waals surface area contributed by atoms with Gasteiger partial charge < -0.3 is 0 Å². The minimum atomic E-state index is 0.556. The molecule has 0 fully saturated rings. The zero-order chi connectivity index (χ0) is 14.5. The van der Waals surface area contributed by atoms with Crippen molar-refractivity contribution in [1.29, 1.82) is 0 Å². The summed E-state index contributed by atoms with van der Waals surface area (Å²) in [5, 5.41) is 2.34. The minimum absolute atomic E-state index is 0.556. The van der Waals surface area contributed by atoms with Gasteiger partial charge in [-0.25, -0.2) is 0 Å². The summed E-state index contributed by atoms with van der Waals surface area (Å²) in [4.78, 5) is 4.03. The van der Waals surface area contributed by atoms with Gasteiger partial charge in [-0.05, 0) is 49.3 Å². The molecule has 0 spiro atoms. The predicted molar refractivity (Wildman–Crippen MR) is 89.3 cm³/mol. The van der Waals surface area contributed by atoms with Crippen LogP contribution in [0.1, 0.15) is 42.3 Å². The van der Waals surface area contributed by atoms with Gasteiger partial charge in [-0.15, -0.1) is 11.3 Å². The fourth-order valence-electron chi connectivity index (χ4n) is 2.59. The molecule has 1 nitrogen and oxygen atoms in total. The molecule has 0 amide bonds. The second-order valence-corrected chi connectivity index (χ2v) is 6.72. The van der Waals surface area contributed by atoms with Gasteiger partial charge in [0.25, 0.3) is 0 Å². The molecule has 0 aliphatic rings. The summed E-state index contributed by atoms with van der Waals surface area (Å²) in [5.74, 6) is 0. The Morgan fingerprint density at radius 2 is 1.80 bits per heavy atom. The van der Waals surface area contributed by atoms with E-state index >= 15 is 0 Å². The Morgan fingerprint density at radius 1 is 1.10 bits per heavy atom. The predicted octanol–water partition coefficient (Wildman–Crippen LogP) is 5.03. The largest absolute Gasteiger partial charge is 0.292 e. The second-order valence-electron chi connectivity index (χ2n) is 5.63. The molecular weight excluding hydrogens is 262 g/mol. The quantitative estimate of drug-likeness (QED) is 0.720. The maximum atomic E-state index is 2.55. The molecule has 0 atom stereocenters. The van der Waals surface area contributed by atoms with E-state index in [9.17, 15) is 0 Å². The normalized spacial score (nSPS) is 11.5. The minimum Gasteiger partial charge on any atom is -0.292 e. The van der Waals surface area contributed by atoms with Crippen molar-refractivity contribution in [2.45, 2.75) is 53.2 Å². The summed E-state index contributed by atoms with van der Waals surface area (Å²) in [5.41, 5.74) is 4.46. The molecule has 1 heterocycles. The number of benzene rings is 1. The Kier molecular flexibility index (Phi) is 5.38. The van der Waals surface area contributed by atoms with Crippen LogP contribution in [0.5, 0.6) is 0 Å². The van der Waals surface area contributed by atoms with Crippen LogP contribution in [0.4, 0.5) is 0 Å². The van der Waals surface area contributed by atoms with Crippen LogP contribution < -0.4 is 0 Å². The lowest BCUT2D eigenvalue weighted by atomic mass is 10.1. The molecule has 2 aromatic rings. The van der Waals surface area contributed by atoms with Crippen LogP contribution >= 0.6 is 11.3 Å². The molecule has 0 saturated carbocycles.